The van der Waals surface area contributed by atoms with E-state index in [0.29, 0.717) is 18.4 Å². The average molecular weight is 593 g/mol. The van der Waals surface area contributed by atoms with Crippen molar-refractivity contribution in [1.29, 1.82) is 0 Å². The number of amides is 3. The molecule has 1 saturated heterocycles. The monoisotopic (exact) mass is 591 g/mol. The van der Waals surface area contributed by atoms with Crippen LogP contribution in [-0.2, 0) is 9.59 Å². The van der Waals surface area contributed by atoms with E-state index in [9.17, 15) is 29.3 Å². The normalized spacial score (nSPS) is 24.0. The molecule has 2 aliphatic rings. The first-order chi connectivity index (χ1) is 16.2. The average Bonchev–Trinajstić information content (AvgIpc) is 3.07. The molecule has 9 nitrogen and oxygen atoms in total. The largest absolute Gasteiger partial charge is 0.292 e. The second-order valence-corrected chi connectivity index (χ2v) is 10.5. The van der Waals surface area contributed by atoms with Crippen molar-refractivity contribution in [3.63, 3.8) is 0 Å². The van der Waals surface area contributed by atoms with Crippen molar-refractivity contribution >= 4 is 61.1 Å². The summed E-state index contributed by atoms with van der Waals surface area (Å²) in [6.07, 6.45) is 0.792. The number of hydrogen-bond donors (Lipinski definition) is 0. The number of ketones is 1. The topological polar surface area (TPSA) is 118 Å². The van der Waals surface area contributed by atoms with Crippen LogP contribution in [-0.4, -0.2) is 54.6 Å². The highest BCUT2D eigenvalue weighted by Gasteiger charge is 2.54. The van der Waals surface area contributed by atoms with Crippen LogP contribution in [0.25, 0.3) is 0 Å². The van der Waals surface area contributed by atoms with Crippen molar-refractivity contribution < 1.29 is 24.1 Å². The Kier molecular flexibility index (Phi) is 6.94. The van der Waals surface area contributed by atoms with E-state index in [2.05, 4.69) is 31.9 Å². The molecule has 4 rings (SSSR count). The third kappa shape index (κ3) is 4.54. The minimum atomic E-state index is -0.848. The molecule has 2 aromatic rings. The van der Waals surface area contributed by atoms with E-state index >= 15 is 0 Å². The van der Waals surface area contributed by atoms with Crippen LogP contribution < -0.4 is 0 Å². The number of carbonyl (C=O) groups is 4. The molecule has 0 unspecified atom stereocenters. The Balaban J connectivity index is 1.72. The van der Waals surface area contributed by atoms with Gasteiger partial charge in [0.25, 0.3) is 23.4 Å². The molecule has 0 N–H and O–H groups in total. The summed E-state index contributed by atoms with van der Waals surface area (Å²) in [6.45, 7) is -0.571. The third-order valence-electron chi connectivity index (χ3n) is 6.06. The number of non-ortho nitro benzene ring substituents is 1. The standard InChI is InChI=1S/C23H19Br2N3O6/c24-18-10-16-17(11-19(18)25)23(32)27(22(16)31)26(12-20(29)13-5-2-1-3-6-13)21(30)14-7-4-8-15(9-14)28(33)34/h1-9,16-19H,10-12H2/t16-,17+,18-,19-/m0/s1. The Morgan fingerprint density at radius 3 is 2.06 bits per heavy atom. The first kappa shape index (κ1) is 24.2. The lowest BCUT2D eigenvalue weighted by atomic mass is 9.81. The summed E-state index contributed by atoms with van der Waals surface area (Å²) in [5, 5.41) is 12.8. The number of hydrogen-bond acceptors (Lipinski definition) is 6. The number of hydrazine groups is 1. The molecule has 0 aromatic heterocycles. The summed E-state index contributed by atoms with van der Waals surface area (Å²) in [4.78, 5) is 63.6. The molecule has 176 valence electrons. The van der Waals surface area contributed by atoms with Gasteiger partial charge in [0.1, 0.15) is 6.54 Å². The van der Waals surface area contributed by atoms with E-state index in [1.165, 1.54) is 18.2 Å². The number of rotatable bonds is 6. The van der Waals surface area contributed by atoms with Crippen LogP contribution in [0.2, 0.25) is 0 Å². The zero-order valence-electron chi connectivity index (χ0n) is 17.7. The van der Waals surface area contributed by atoms with E-state index in [1.807, 2.05) is 0 Å². The van der Waals surface area contributed by atoms with Crippen LogP contribution in [0.5, 0.6) is 0 Å². The SMILES string of the molecule is O=C(CN(C(=O)c1cccc([N+](=O)[O-])c1)N1C(=O)[C@H]2C[C@H](Br)[C@@H](Br)C[C@H]2C1=O)c1ccccc1. The van der Waals surface area contributed by atoms with Gasteiger partial charge in [0.15, 0.2) is 5.78 Å². The van der Waals surface area contributed by atoms with Crippen molar-refractivity contribution in [2.45, 2.75) is 22.5 Å². The number of nitro groups is 1. The Labute approximate surface area is 211 Å². The minimum absolute atomic E-state index is 0.0303. The number of nitro benzene ring substituents is 1. The number of alkyl halides is 2. The van der Waals surface area contributed by atoms with E-state index in [0.717, 1.165) is 16.1 Å². The molecule has 1 saturated carbocycles. The van der Waals surface area contributed by atoms with Gasteiger partial charge in [-0.05, 0) is 18.9 Å². The predicted molar refractivity (Wildman–Crippen MR) is 128 cm³/mol. The predicted octanol–water partition coefficient (Wildman–Crippen LogP) is 3.76. The van der Waals surface area contributed by atoms with Crippen molar-refractivity contribution in [1.82, 2.24) is 10.0 Å². The lowest BCUT2D eigenvalue weighted by Crippen LogP contribution is -2.52. The van der Waals surface area contributed by atoms with Gasteiger partial charge in [-0.2, -0.15) is 5.01 Å². The second kappa shape index (κ2) is 9.75. The highest BCUT2D eigenvalue weighted by Crippen LogP contribution is 2.43. The van der Waals surface area contributed by atoms with Crippen LogP contribution in [0.4, 0.5) is 5.69 Å². The summed E-state index contributed by atoms with van der Waals surface area (Å²) in [5.41, 5.74) is -0.128. The lowest BCUT2D eigenvalue weighted by Gasteiger charge is -2.30. The van der Waals surface area contributed by atoms with E-state index in [1.54, 1.807) is 30.3 Å². The van der Waals surface area contributed by atoms with Gasteiger partial charge in [-0.1, -0.05) is 68.3 Å². The first-order valence-corrected chi connectivity index (χ1v) is 12.3. The number of nitrogens with zero attached hydrogens (tertiary/aromatic N) is 3. The quantitative estimate of drug-likeness (QED) is 0.166. The van der Waals surface area contributed by atoms with Gasteiger partial charge < -0.3 is 0 Å². The maximum absolute atomic E-state index is 13.5. The lowest BCUT2D eigenvalue weighted by molar-refractivity contribution is -0.384. The molecule has 2 aromatic carbocycles. The highest BCUT2D eigenvalue weighted by atomic mass is 79.9. The molecule has 0 radical (unpaired) electrons. The fourth-order valence-electron chi connectivity index (χ4n) is 4.30. The van der Waals surface area contributed by atoms with Crippen LogP contribution in [0.15, 0.2) is 54.6 Å². The van der Waals surface area contributed by atoms with Gasteiger partial charge in [-0.25, -0.2) is 5.01 Å². The Hall–Kier alpha value is -2.92. The maximum atomic E-state index is 13.5. The molecule has 11 heteroatoms. The molecule has 0 bridgehead atoms. The van der Waals surface area contributed by atoms with Crippen LogP contribution in [0, 0.1) is 22.0 Å². The molecular formula is C23H19Br2N3O6. The summed E-state index contributed by atoms with van der Waals surface area (Å²) >= 11 is 7.05. The van der Waals surface area contributed by atoms with Crippen LogP contribution in [0.1, 0.15) is 33.6 Å². The van der Waals surface area contributed by atoms with Crippen LogP contribution in [0.3, 0.4) is 0 Å². The van der Waals surface area contributed by atoms with Crippen molar-refractivity contribution in [3.8, 4) is 0 Å². The second-order valence-electron chi connectivity index (χ2n) is 8.16. The fourth-order valence-corrected chi connectivity index (χ4v) is 5.54. The number of Topliss-reactive ketones (excluding diaryl/α,β-unsaturated/α-hetero) is 1. The smallest absolute Gasteiger partial charge is 0.273 e. The molecule has 1 aliphatic carbocycles. The minimum Gasteiger partial charge on any atom is -0.292 e. The number of halogens is 2. The first-order valence-electron chi connectivity index (χ1n) is 10.5. The zero-order valence-corrected chi connectivity index (χ0v) is 20.8. The van der Waals surface area contributed by atoms with Crippen molar-refractivity contribution in [3.05, 3.63) is 75.8 Å². The Morgan fingerprint density at radius 2 is 1.50 bits per heavy atom. The maximum Gasteiger partial charge on any atom is 0.273 e. The number of imide groups is 1. The number of fused-ring (bicyclic) bond motifs is 1. The van der Waals surface area contributed by atoms with Crippen molar-refractivity contribution in [2.75, 3.05) is 6.54 Å². The summed E-state index contributed by atoms with van der Waals surface area (Å²) in [7, 11) is 0. The molecule has 0 spiro atoms. The van der Waals surface area contributed by atoms with Gasteiger partial charge in [0.2, 0.25) is 0 Å². The molecule has 1 heterocycles. The van der Waals surface area contributed by atoms with E-state index in [-0.39, 0.29) is 20.9 Å². The van der Waals surface area contributed by atoms with E-state index < -0.39 is 46.8 Å². The highest BCUT2D eigenvalue weighted by molar-refractivity contribution is 9.12. The van der Waals surface area contributed by atoms with Gasteiger partial charge in [-0.3, -0.25) is 29.3 Å². The van der Waals surface area contributed by atoms with Gasteiger partial charge in [0.05, 0.1) is 16.8 Å². The number of carbonyl (C=O) groups excluding carboxylic acids is 4. The zero-order chi connectivity index (χ0) is 24.6. The summed E-state index contributed by atoms with van der Waals surface area (Å²) in [5.74, 6) is -3.70. The molecule has 3 amide bonds. The molecule has 2 fully saturated rings. The van der Waals surface area contributed by atoms with E-state index in [4.69, 9.17) is 0 Å². The third-order valence-corrected chi connectivity index (χ3v) is 8.79. The Morgan fingerprint density at radius 1 is 0.941 bits per heavy atom. The fraction of sp³-hybridized carbons (Fsp3) is 0.304. The van der Waals surface area contributed by atoms with Crippen LogP contribution >= 0.6 is 31.9 Å². The van der Waals surface area contributed by atoms with Gasteiger partial charge in [0, 0.05) is 32.9 Å². The summed E-state index contributed by atoms with van der Waals surface area (Å²) in [6, 6.07) is 13.1. The molecular weight excluding hydrogens is 574 g/mol. The Bertz CT molecular complexity index is 1150. The van der Waals surface area contributed by atoms with Crippen molar-refractivity contribution in [2.24, 2.45) is 11.8 Å². The summed E-state index contributed by atoms with van der Waals surface area (Å²) < 4.78 is 0. The number of benzene rings is 2. The van der Waals surface area contributed by atoms with Gasteiger partial charge in [-0.15, -0.1) is 0 Å². The van der Waals surface area contributed by atoms with Gasteiger partial charge >= 0.3 is 0 Å². The molecule has 4 atom stereocenters. The molecule has 34 heavy (non-hydrogen) atoms. The molecule has 1 aliphatic heterocycles.